The highest BCUT2D eigenvalue weighted by molar-refractivity contribution is 5.97. The van der Waals surface area contributed by atoms with Crippen molar-refractivity contribution in [1.82, 2.24) is 39.3 Å². The number of ether oxygens (including phenoxy) is 1. The number of imidazole rings is 1. The first-order chi connectivity index (χ1) is 19.3. The number of fused-ring (bicyclic) bond motifs is 4. The van der Waals surface area contributed by atoms with Gasteiger partial charge in [-0.05, 0) is 30.5 Å². The molecule has 1 aromatic carbocycles. The van der Waals surface area contributed by atoms with Crippen molar-refractivity contribution in [1.29, 1.82) is 0 Å². The number of hydrogen-bond acceptors (Lipinski definition) is 8. The van der Waals surface area contributed by atoms with E-state index in [1.165, 1.54) is 10.9 Å². The fourth-order valence-electron chi connectivity index (χ4n) is 4.91. The normalized spacial score (nSPS) is 14.9. The molecule has 0 atom stereocenters. The van der Waals surface area contributed by atoms with Gasteiger partial charge in [0.05, 0.1) is 36.6 Å². The Morgan fingerprint density at radius 2 is 1.98 bits per heavy atom. The Bertz CT molecular complexity index is 1810. The van der Waals surface area contributed by atoms with Gasteiger partial charge in [0.1, 0.15) is 24.3 Å². The predicted octanol–water partition coefficient (Wildman–Crippen LogP) is 4.05. The highest BCUT2D eigenvalue weighted by atomic mass is 19.4. The summed E-state index contributed by atoms with van der Waals surface area (Å²) in [6.07, 6.45) is 3.10. The molecule has 5 heterocycles. The summed E-state index contributed by atoms with van der Waals surface area (Å²) in [5.74, 6) is 0.759. The van der Waals surface area contributed by atoms with Crippen molar-refractivity contribution in [3.8, 4) is 28.7 Å². The van der Waals surface area contributed by atoms with Crippen LogP contribution in [0.15, 0.2) is 43.1 Å². The molecule has 1 amide bonds. The van der Waals surface area contributed by atoms with Gasteiger partial charge in [-0.15, -0.1) is 0 Å². The van der Waals surface area contributed by atoms with E-state index < -0.39 is 17.8 Å². The van der Waals surface area contributed by atoms with Crippen molar-refractivity contribution >= 4 is 22.6 Å². The van der Waals surface area contributed by atoms with E-state index in [0.29, 0.717) is 40.1 Å². The SMILES string of the molecule is COc1ncnc(C2CC2)c1-c1ncc2cnn(Cc3ccc4c(c3)NC(=O)Cn3cc(C(F)(F)F)nc3-4)c2n1. The molecule has 0 spiro atoms. The standard InChI is InChI=1S/C26H20F3N9O2/c1-40-25-20(21(14-3-4-14)31-12-32-25)22-30-7-15-8-33-38(23(15)36-22)9-13-2-5-16-17(6-13)34-19(39)11-37-10-18(26(27,28)29)35-24(16)37/h2,5-8,10,12,14H,3-4,9,11H2,1H3,(H,34,39). The van der Waals surface area contributed by atoms with Gasteiger partial charge >= 0.3 is 6.18 Å². The number of rotatable bonds is 5. The van der Waals surface area contributed by atoms with Crippen molar-refractivity contribution in [3.63, 3.8) is 0 Å². The molecule has 1 saturated carbocycles. The average molecular weight is 548 g/mol. The first kappa shape index (κ1) is 24.2. The Balaban J connectivity index is 1.26. The molecule has 1 fully saturated rings. The fraction of sp³-hybridized carbons (Fsp3) is 0.269. The molecule has 11 nitrogen and oxygen atoms in total. The quantitative estimate of drug-likeness (QED) is 0.349. The van der Waals surface area contributed by atoms with Gasteiger partial charge in [-0.2, -0.15) is 18.3 Å². The second-order valence-electron chi connectivity index (χ2n) is 9.70. The molecule has 0 saturated heterocycles. The molecule has 7 rings (SSSR count). The largest absolute Gasteiger partial charge is 0.480 e. The Kier molecular flexibility index (Phi) is 5.34. The zero-order chi connectivity index (χ0) is 27.6. The molecule has 14 heteroatoms. The average Bonchev–Trinajstić information content (AvgIpc) is 3.61. The number of benzene rings is 1. The third kappa shape index (κ3) is 4.12. The highest BCUT2D eigenvalue weighted by Gasteiger charge is 2.36. The van der Waals surface area contributed by atoms with E-state index in [0.717, 1.165) is 35.7 Å². The van der Waals surface area contributed by atoms with Crippen LogP contribution in [0, 0.1) is 0 Å². The molecule has 2 aliphatic rings. The maximum atomic E-state index is 13.3. The van der Waals surface area contributed by atoms with E-state index in [4.69, 9.17) is 9.72 Å². The summed E-state index contributed by atoms with van der Waals surface area (Å²) in [6, 6.07) is 5.12. The summed E-state index contributed by atoms with van der Waals surface area (Å²) < 4.78 is 48.3. The predicted molar refractivity (Wildman–Crippen MR) is 135 cm³/mol. The number of nitrogens with zero attached hydrogens (tertiary/aromatic N) is 8. The molecule has 5 aromatic rings. The summed E-state index contributed by atoms with van der Waals surface area (Å²) >= 11 is 0. The number of aromatic nitrogens is 8. The molecule has 0 unspecified atom stereocenters. The lowest BCUT2D eigenvalue weighted by atomic mass is 10.1. The van der Waals surface area contributed by atoms with Gasteiger partial charge in [-0.25, -0.2) is 29.6 Å². The monoisotopic (exact) mass is 547 g/mol. The number of alkyl halides is 3. The molecule has 40 heavy (non-hydrogen) atoms. The van der Waals surface area contributed by atoms with Gasteiger partial charge < -0.3 is 14.6 Å². The van der Waals surface area contributed by atoms with E-state index in [1.54, 1.807) is 42.4 Å². The number of anilines is 1. The van der Waals surface area contributed by atoms with Gasteiger partial charge in [0, 0.05) is 23.9 Å². The van der Waals surface area contributed by atoms with Gasteiger partial charge in [0.2, 0.25) is 11.8 Å². The van der Waals surface area contributed by atoms with Crippen LogP contribution in [-0.4, -0.2) is 52.3 Å². The lowest BCUT2D eigenvalue weighted by Gasteiger charge is -2.12. The number of carbonyl (C=O) groups is 1. The highest BCUT2D eigenvalue weighted by Crippen LogP contribution is 2.45. The minimum Gasteiger partial charge on any atom is -0.480 e. The molecule has 4 aromatic heterocycles. The second kappa shape index (κ2) is 8.83. The zero-order valence-electron chi connectivity index (χ0n) is 21.0. The van der Waals surface area contributed by atoms with Crippen LogP contribution in [0.1, 0.15) is 35.7 Å². The summed E-state index contributed by atoms with van der Waals surface area (Å²) in [6.45, 7) is 0.00464. The molecule has 1 aliphatic heterocycles. The Morgan fingerprint density at radius 1 is 1.12 bits per heavy atom. The molecule has 1 N–H and O–H groups in total. The molecule has 1 aliphatic carbocycles. The summed E-state index contributed by atoms with van der Waals surface area (Å²) in [4.78, 5) is 34.3. The van der Waals surface area contributed by atoms with Crippen LogP contribution >= 0.6 is 0 Å². The minimum absolute atomic E-state index is 0.0691. The Morgan fingerprint density at radius 3 is 2.75 bits per heavy atom. The summed E-state index contributed by atoms with van der Waals surface area (Å²) in [7, 11) is 1.54. The van der Waals surface area contributed by atoms with Crippen LogP contribution in [0.3, 0.4) is 0 Å². The number of carbonyl (C=O) groups excluding carboxylic acids is 1. The maximum Gasteiger partial charge on any atom is 0.434 e. The zero-order valence-corrected chi connectivity index (χ0v) is 21.0. The number of amides is 1. The van der Waals surface area contributed by atoms with Crippen LogP contribution < -0.4 is 10.1 Å². The third-order valence-electron chi connectivity index (χ3n) is 6.91. The molecule has 0 bridgehead atoms. The smallest absolute Gasteiger partial charge is 0.434 e. The van der Waals surface area contributed by atoms with Gasteiger partial charge in [-0.3, -0.25) is 4.79 Å². The lowest BCUT2D eigenvalue weighted by molar-refractivity contribution is -0.141. The lowest BCUT2D eigenvalue weighted by Crippen LogP contribution is -2.16. The van der Waals surface area contributed by atoms with Crippen molar-refractivity contribution in [3.05, 3.63) is 60.1 Å². The van der Waals surface area contributed by atoms with Crippen LogP contribution in [0.4, 0.5) is 18.9 Å². The van der Waals surface area contributed by atoms with Gasteiger partial charge in [0.25, 0.3) is 0 Å². The van der Waals surface area contributed by atoms with E-state index >= 15 is 0 Å². The van der Waals surface area contributed by atoms with Crippen molar-refractivity contribution in [2.24, 2.45) is 0 Å². The first-order valence-corrected chi connectivity index (χ1v) is 12.4. The topological polar surface area (TPSA) is 126 Å². The second-order valence-corrected chi connectivity index (χ2v) is 9.70. The number of halogens is 3. The number of hydrogen-bond donors (Lipinski definition) is 1. The van der Waals surface area contributed by atoms with Crippen LogP contribution in [0.5, 0.6) is 5.88 Å². The Labute approximate surface area is 224 Å². The molecule has 202 valence electrons. The van der Waals surface area contributed by atoms with Crippen molar-refractivity contribution in [2.75, 3.05) is 12.4 Å². The van der Waals surface area contributed by atoms with Crippen LogP contribution in [0.25, 0.3) is 33.8 Å². The number of methoxy groups -OCH3 is 1. The molecular weight excluding hydrogens is 527 g/mol. The van der Waals surface area contributed by atoms with E-state index in [-0.39, 0.29) is 18.9 Å². The van der Waals surface area contributed by atoms with Crippen LogP contribution in [-0.2, 0) is 24.1 Å². The third-order valence-corrected chi connectivity index (χ3v) is 6.91. The van der Waals surface area contributed by atoms with E-state index in [9.17, 15) is 18.0 Å². The van der Waals surface area contributed by atoms with Gasteiger partial charge in [0.15, 0.2) is 17.2 Å². The molecule has 0 radical (unpaired) electrons. The first-order valence-electron chi connectivity index (χ1n) is 12.4. The number of nitrogens with one attached hydrogen (secondary N) is 1. The van der Waals surface area contributed by atoms with E-state index in [2.05, 4.69) is 30.4 Å². The van der Waals surface area contributed by atoms with Crippen molar-refractivity contribution < 1.29 is 22.7 Å². The van der Waals surface area contributed by atoms with Crippen LogP contribution in [0.2, 0.25) is 0 Å². The molecular formula is C26H20F3N9O2. The maximum absolute atomic E-state index is 13.3. The van der Waals surface area contributed by atoms with E-state index in [1.807, 2.05) is 0 Å². The Hall–Kier alpha value is -4.88. The summed E-state index contributed by atoms with van der Waals surface area (Å²) in [5, 5.41) is 7.96. The fourth-order valence-corrected chi connectivity index (χ4v) is 4.91. The van der Waals surface area contributed by atoms with Crippen molar-refractivity contribution in [2.45, 2.75) is 38.0 Å². The minimum atomic E-state index is -4.62. The van der Waals surface area contributed by atoms with Gasteiger partial charge in [-0.1, -0.05) is 6.07 Å². The summed E-state index contributed by atoms with van der Waals surface area (Å²) in [5.41, 5.74) is 2.54.